The molecule has 3 heterocycles. The maximum absolute atomic E-state index is 18.2. The fraction of sp³-hybridized carbons (Fsp3) is 0.625. The number of alkyl halides is 1. The minimum atomic E-state index is -1.85. The van der Waals surface area contributed by atoms with E-state index in [4.69, 9.17) is 18.9 Å². The smallest absolute Gasteiger partial charge is 0.335 e. The highest BCUT2D eigenvalue weighted by Gasteiger charge is 2.81. The molecule has 2 aliphatic heterocycles. The standard InChI is InChI=1S/C32H37FN2O7/c1-18-9-24-23-8-7-21-11-25-20(14-34-35(25)22-6-4-5-19(10-22)27(37)38)12-28(21,2)31(23,33)26(36)13-29(24,3)32(18)30(41-17-42-32)15-39-16-40-30/h4-6,10-11,14,18,23-24,26,36H,7-9,12-13,15-17H2,1-3H3,(H,37,38)/t18-,23-,24-,26-,28-,29-,30?,31-,32+/m0/s1. The lowest BCUT2D eigenvalue weighted by Crippen LogP contribution is -2.72. The molecule has 42 heavy (non-hydrogen) atoms. The van der Waals surface area contributed by atoms with Gasteiger partial charge in [-0.25, -0.2) is 13.9 Å². The van der Waals surface area contributed by atoms with Crippen molar-refractivity contribution in [3.8, 4) is 5.69 Å². The van der Waals surface area contributed by atoms with E-state index in [2.05, 4.69) is 18.9 Å². The van der Waals surface area contributed by atoms with Crippen molar-refractivity contribution in [2.24, 2.45) is 28.6 Å². The lowest BCUT2D eigenvalue weighted by atomic mass is 9.43. The lowest BCUT2D eigenvalue weighted by Gasteiger charge is -2.64. The summed E-state index contributed by atoms with van der Waals surface area (Å²) >= 11 is 0. The zero-order valence-corrected chi connectivity index (χ0v) is 24.1. The molecule has 9 nitrogen and oxygen atoms in total. The molecule has 2 N–H and O–H groups in total. The molecule has 0 bridgehead atoms. The summed E-state index contributed by atoms with van der Waals surface area (Å²) in [7, 11) is 0. The maximum Gasteiger partial charge on any atom is 0.335 e. The Morgan fingerprint density at radius 1 is 1.17 bits per heavy atom. The highest BCUT2D eigenvalue weighted by molar-refractivity contribution is 5.88. The molecule has 8 rings (SSSR count). The van der Waals surface area contributed by atoms with Crippen molar-refractivity contribution < 1.29 is 38.3 Å². The number of aliphatic hydroxyl groups is 1. The van der Waals surface area contributed by atoms with Crippen molar-refractivity contribution >= 4 is 12.0 Å². The van der Waals surface area contributed by atoms with E-state index >= 15 is 4.39 Å². The van der Waals surface area contributed by atoms with Crippen molar-refractivity contribution in [1.29, 1.82) is 0 Å². The first-order chi connectivity index (χ1) is 20.0. The first-order valence-electron chi connectivity index (χ1n) is 15.0. The van der Waals surface area contributed by atoms with Gasteiger partial charge in [-0.2, -0.15) is 5.10 Å². The van der Waals surface area contributed by atoms with Gasteiger partial charge in [0.15, 0.2) is 13.6 Å². The number of aromatic nitrogens is 2. The topological polar surface area (TPSA) is 112 Å². The van der Waals surface area contributed by atoms with Gasteiger partial charge < -0.3 is 29.2 Å². The summed E-state index contributed by atoms with van der Waals surface area (Å²) in [4.78, 5) is 11.6. The Morgan fingerprint density at radius 3 is 2.74 bits per heavy atom. The van der Waals surface area contributed by atoms with E-state index in [1.807, 2.05) is 19.1 Å². The number of carboxylic acids is 1. The Labute approximate surface area is 243 Å². The number of halogens is 1. The van der Waals surface area contributed by atoms with E-state index < -0.39 is 40.0 Å². The number of aliphatic hydroxyl groups excluding tert-OH is 1. The van der Waals surface area contributed by atoms with E-state index in [1.54, 1.807) is 29.1 Å². The largest absolute Gasteiger partial charge is 0.478 e. The van der Waals surface area contributed by atoms with Crippen LogP contribution in [0.25, 0.3) is 11.8 Å². The van der Waals surface area contributed by atoms with Gasteiger partial charge in [0.25, 0.3) is 0 Å². The summed E-state index contributed by atoms with van der Waals surface area (Å²) in [5.74, 6) is -2.45. The van der Waals surface area contributed by atoms with Gasteiger partial charge in [-0.15, -0.1) is 0 Å². The van der Waals surface area contributed by atoms with Gasteiger partial charge in [-0.3, -0.25) is 0 Å². The monoisotopic (exact) mass is 580 g/mol. The fourth-order valence-electron chi connectivity index (χ4n) is 10.6. The second kappa shape index (κ2) is 8.51. The van der Waals surface area contributed by atoms with Crippen molar-refractivity contribution in [3.63, 3.8) is 0 Å². The van der Waals surface area contributed by atoms with Gasteiger partial charge in [0.2, 0.25) is 5.79 Å². The number of carbonyl (C=O) groups is 1. The molecule has 1 aromatic carbocycles. The number of benzene rings is 1. The molecule has 3 saturated carbocycles. The van der Waals surface area contributed by atoms with Crippen LogP contribution in [0.15, 0.2) is 36.0 Å². The van der Waals surface area contributed by atoms with Crippen LogP contribution in [0.5, 0.6) is 0 Å². The number of rotatable bonds is 2. The van der Waals surface area contributed by atoms with E-state index in [1.165, 1.54) is 0 Å². The van der Waals surface area contributed by atoms with Crippen LogP contribution in [-0.4, -0.2) is 69.3 Å². The molecular weight excluding hydrogens is 543 g/mol. The third-order valence-corrected chi connectivity index (χ3v) is 12.3. The molecule has 0 amide bonds. The summed E-state index contributed by atoms with van der Waals surface area (Å²) in [6.45, 7) is 6.73. The molecule has 5 fully saturated rings. The number of hydrogen-bond donors (Lipinski definition) is 2. The number of carboxylic acid groups (broad SMARTS) is 1. The molecule has 2 spiro atoms. The molecule has 10 heteroatoms. The Balaban J connectivity index is 1.19. The fourth-order valence-corrected chi connectivity index (χ4v) is 10.6. The summed E-state index contributed by atoms with van der Waals surface area (Å²) in [5, 5.41) is 26.1. The molecule has 2 saturated heterocycles. The van der Waals surface area contributed by atoms with Crippen molar-refractivity contribution in [1.82, 2.24) is 9.78 Å². The average molecular weight is 581 g/mol. The molecule has 0 radical (unpaired) electrons. The molecule has 224 valence electrons. The van der Waals surface area contributed by atoms with Gasteiger partial charge in [-0.05, 0) is 73.8 Å². The minimum absolute atomic E-state index is 0.0220. The summed E-state index contributed by atoms with van der Waals surface area (Å²) in [6.07, 6.45) is 5.28. The lowest BCUT2D eigenvalue weighted by molar-refractivity contribution is -0.279. The number of hydrogen-bond acceptors (Lipinski definition) is 7. The second-order valence-electron chi connectivity index (χ2n) is 13.8. The van der Waals surface area contributed by atoms with Crippen molar-refractivity contribution in [3.05, 3.63) is 52.9 Å². The SMILES string of the molecule is C[C@H]1C[C@H]2[C@@H]3CCC4=Cc5c(cnn5-c5cccc(C(=O)O)c5)C[C@]4(C)[C@@]3(F)[C@@H](O)C[C@]2(C)[C@]12OCOC21COCO1. The predicted octanol–water partition coefficient (Wildman–Crippen LogP) is 4.51. The maximum atomic E-state index is 18.2. The van der Waals surface area contributed by atoms with Crippen molar-refractivity contribution in [2.45, 2.75) is 76.0 Å². The van der Waals surface area contributed by atoms with Crippen LogP contribution in [0.1, 0.15) is 68.1 Å². The number of nitrogens with zero attached hydrogens (tertiary/aromatic N) is 2. The van der Waals surface area contributed by atoms with Crippen LogP contribution >= 0.6 is 0 Å². The third kappa shape index (κ3) is 2.95. The minimum Gasteiger partial charge on any atom is -0.478 e. The first-order valence-corrected chi connectivity index (χ1v) is 15.0. The van der Waals surface area contributed by atoms with Gasteiger partial charge in [-0.1, -0.05) is 32.4 Å². The van der Waals surface area contributed by atoms with Crippen LogP contribution in [0.4, 0.5) is 4.39 Å². The highest BCUT2D eigenvalue weighted by Crippen LogP contribution is 2.74. The predicted molar refractivity (Wildman–Crippen MR) is 147 cm³/mol. The number of allylic oxidation sites excluding steroid dienone is 1. The quantitative estimate of drug-likeness (QED) is 0.534. The van der Waals surface area contributed by atoms with Crippen LogP contribution in [-0.2, 0) is 25.4 Å². The zero-order valence-electron chi connectivity index (χ0n) is 24.1. The normalized spacial score (nSPS) is 45.4. The van der Waals surface area contributed by atoms with Crippen LogP contribution in [0, 0.1) is 28.6 Å². The number of fused-ring (bicyclic) bond motifs is 8. The van der Waals surface area contributed by atoms with Gasteiger partial charge in [0, 0.05) is 16.7 Å². The Morgan fingerprint density at radius 2 is 1.98 bits per heavy atom. The average Bonchev–Trinajstić information content (AvgIpc) is 3.73. The third-order valence-electron chi connectivity index (χ3n) is 12.3. The molecule has 1 aromatic heterocycles. The van der Waals surface area contributed by atoms with Crippen LogP contribution in [0.2, 0.25) is 0 Å². The Kier molecular flexibility index (Phi) is 5.46. The molecule has 6 aliphatic rings. The summed E-state index contributed by atoms with van der Waals surface area (Å²) in [5.41, 5.74) is -0.668. The van der Waals surface area contributed by atoms with Crippen LogP contribution < -0.4 is 0 Å². The Hall–Kier alpha value is -2.63. The van der Waals surface area contributed by atoms with Crippen molar-refractivity contribution in [2.75, 3.05) is 20.2 Å². The van der Waals surface area contributed by atoms with Gasteiger partial charge >= 0.3 is 5.97 Å². The van der Waals surface area contributed by atoms with Crippen LogP contribution in [0.3, 0.4) is 0 Å². The molecule has 2 aromatic rings. The highest BCUT2D eigenvalue weighted by atomic mass is 19.1. The molecular formula is C32H37FN2O7. The van der Waals surface area contributed by atoms with Gasteiger partial charge in [0.1, 0.15) is 17.9 Å². The number of aromatic carboxylic acids is 1. The summed E-state index contributed by atoms with van der Waals surface area (Å²) in [6, 6.07) is 6.67. The summed E-state index contributed by atoms with van der Waals surface area (Å²) < 4.78 is 44.3. The van der Waals surface area contributed by atoms with E-state index in [9.17, 15) is 15.0 Å². The van der Waals surface area contributed by atoms with E-state index in [0.717, 1.165) is 23.3 Å². The second-order valence-corrected chi connectivity index (χ2v) is 13.8. The first kappa shape index (κ1) is 27.0. The van der Waals surface area contributed by atoms with Gasteiger partial charge in [0.05, 0.1) is 29.2 Å². The van der Waals surface area contributed by atoms with E-state index in [-0.39, 0.29) is 49.9 Å². The number of ether oxygens (including phenoxy) is 4. The Bertz CT molecular complexity index is 1510. The molecule has 4 aliphatic carbocycles. The molecule has 9 atom stereocenters. The zero-order chi connectivity index (χ0) is 29.3. The molecule has 1 unspecified atom stereocenters. The van der Waals surface area contributed by atoms with E-state index in [0.29, 0.717) is 24.9 Å².